The summed E-state index contributed by atoms with van der Waals surface area (Å²) in [5.74, 6) is -0.855. The first kappa shape index (κ1) is 32.2. The molecule has 3 atom stereocenters. The van der Waals surface area contributed by atoms with Crippen molar-refractivity contribution in [2.45, 2.75) is 63.3 Å². The molecule has 1 saturated heterocycles. The molecule has 1 aliphatic heterocycles. The lowest BCUT2D eigenvalue weighted by Crippen LogP contribution is -2.53. The first-order chi connectivity index (χ1) is 18.6. The van der Waals surface area contributed by atoms with E-state index in [1.54, 1.807) is 4.57 Å². The SMILES string of the molecule is CC(C)(C)[Si](C)(C)O[C@H]1C[C@H](n2cc(Br)c3c(N)ncnc32)O[C@]1(C=O)CO.O=C(O)c1ccccc1I(=O)=O. The number of aromatic carboxylic acids is 1. The third-order valence-corrected chi connectivity index (χ3v) is 14.2. The highest BCUT2D eigenvalue weighted by Gasteiger charge is 2.53. The number of nitrogens with two attached hydrogens (primary N) is 1. The molecule has 12 nitrogen and oxygen atoms in total. The van der Waals surface area contributed by atoms with Crippen molar-refractivity contribution in [3.8, 4) is 0 Å². The molecule has 3 aromatic rings. The van der Waals surface area contributed by atoms with Crippen LogP contribution in [0.2, 0.25) is 18.1 Å². The van der Waals surface area contributed by atoms with Gasteiger partial charge in [0.05, 0.1) is 27.2 Å². The number of anilines is 1. The molecule has 3 heterocycles. The van der Waals surface area contributed by atoms with Gasteiger partial charge >= 0.3 is 25.8 Å². The second-order valence-electron chi connectivity index (χ2n) is 10.8. The molecule has 0 saturated carbocycles. The van der Waals surface area contributed by atoms with Gasteiger partial charge in [0.1, 0.15) is 24.0 Å². The molecule has 4 rings (SSSR count). The quantitative estimate of drug-likeness (QED) is 0.172. The predicted octanol–water partition coefficient (Wildman–Crippen LogP) is 4.77. The number of carboxylic acid groups (broad SMARTS) is 1. The van der Waals surface area contributed by atoms with Gasteiger partial charge in [-0.3, -0.25) is 4.79 Å². The Morgan fingerprint density at radius 3 is 2.50 bits per heavy atom. The highest BCUT2D eigenvalue weighted by Crippen LogP contribution is 2.45. The van der Waals surface area contributed by atoms with E-state index < -0.39 is 58.6 Å². The maximum absolute atomic E-state index is 12.0. The molecule has 0 bridgehead atoms. The Labute approximate surface area is 247 Å². The second-order valence-corrected chi connectivity index (χ2v) is 18.8. The molecular formula is C25H32BrIN4O8Si. The van der Waals surface area contributed by atoms with Gasteiger partial charge in [-0.1, -0.05) is 32.9 Å². The Kier molecular flexibility index (Phi) is 9.89. The molecule has 218 valence electrons. The number of benzene rings is 1. The molecule has 40 heavy (non-hydrogen) atoms. The molecule has 0 amide bonds. The Morgan fingerprint density at radius 2 is 1.98 bits per heavy atom. The van der Waals surface area contributed by atoms with Crippen molar-refractivity contribution in [3.63, 3.8) is 0 Å². The maximum atomic E-state index is 12.0. The fourth-order valence-corrected chi connectivity index (χ4v) is 7.29. The predicted molar refractivity (Wildman–Crippen MR) is 160 cm³/mol. The van der Waals surface area contributed by atoms with Crippen molar-refractivity contribution in [1.29, 1.82) is 0 Å². The van der Waals surface area contributed by atoms with Crippen LogP contribution in [0.15, 0.2) is 41.3 Å². The smallest absolute Gasteiger partial charge is 0.341 e. The molecule has 1 fully saturated rings. The average molecular weight is 751 g/mol. The number of aromatic nitrogens is 3. The van der Waals surface area contributed by atoms with Crippen molar-refractivity contribution in [2.75, 3.05) is 12.3 Å². The van der Waals surface area contributed by atoms with Crippen LogP contribution < -0.4 is 5.73 Å². The van der Waals surface area contributed by atoms with Crippen LogP contribution in [-0.2, 0) is 20.1 Å². The number of carbonyl (C=O) groups excluding carboxylic acids is 1. The number of carbonyl (C=O) groups is 2. The normalized spacial score (nSPS) is 21.3. The zero-order chi connectivity index (χ0) is 30.0. The Hall–Kier alpha value is -2.31. The molecule has 4 N–H and O–H groups in total. The van der Waals surface area contributed by atoms with E-state index in [0.29, 0.717) is 29.6 Å². The lowest BCUT2D eigenvalue weighted by molar-refractivity contribution is -0.150. The molecular weight excluding hydrogens is 719 g/mol. The van der Waals surface area contributed by atoms with Gasteiger partial charge in [-0.25, -0.2) is 20.9 Å². The monoisotopic (exact) mass is 750 g/mol. The fraction of sp³-hybridized carbons (Fsp3) is 0.440. The minimum Gasteiger partial charge on any atom is -0.478 e. The van der Waals surface area contributed by atoms with E-state index in [9.17, 15) is 20.8 Å². The van der Waals surface area contributed by atoms with E-state index in [0.717, 1.165) is 4.47 Å². The van der Waals surface area contributed by atoms with E-state index in [1.165, 1.54) is 30.6 Å². The van der Waals surface area contributed by atoms with Gasteiger partial charge in [0.15, 0.2) is 20.2 Å². The highest BCUT2D eigenvalue weighted by molar-refractivity contribution is 14.2. The number of nitrogens with zero attached hydrogens (tertiary/aromatic N) is 3. The summed E-state index contributed by atoms with van der Waals surface area (Å²) in [6.45, 7) is 10.2. The van der Waals surface area contributed by atoms with Gasteiger partial charge in [0.2, 0.25) is 0 Å². The third kappa shape index (κ3) is 6.43. The number of halogens is 2. The Balaban J connectivity index is 0.000000307. The van der Waals surface area contributed by atoms with E-state index in [1.807, 2.05) is 6.20 Å². The van der Waals surface area contributed by atoms with Crippen molar-refractivity contribution in [1.82, 2.24) is 14.5 Å². The summed E-state index contributed by atoms with van der Waals surface area (Å²) in [5.41, 5.74) is 5.01. The Morgan fingerprint density at radius 1 is 1.32 bits per heavy atom. The minimum atomic E-state index is -3.67. The minimum absolute atomic E-state index is 0.0416. The highest BCUT2D eigenvalue weighted by atomic mass is 127. The molecule has 0 radical (unpaired) electrons. The molecule has 1 aromatic carbocycles. The van der Waals surface area contributed by atoms with Gasteiger partial charge in [0.25, 0.3) is 0 Å². The number of fused-ring (bicyclic) bond motifs is 1. The number of nitrogen functional groups attached to an aromatic ring is 1. The standard InChI is InChI=1S/C18H27BrN4O4Si.C7H5IO4/c1-17(2,3)28(4,5)27-12-6-13(26-18(12,8-24)9-25)23-7-11(19)14-15(20)21-10-22-16(14)23;9-7(10)5-3-1-2-4-6(5)8(11)12/h7-8,10,12-13,25H,6,9H2,1-5H3,(H2,20,21,22);1-4H,(H,9,10)/t12-,13+,18+;/m0./s1. The summed E-state index contributed by atoms with van der Waals surface area (Å²) >= 11 is -0.179. The maximum Gasteiger partial charge on any atom is 0.341 e. The van der Waals surface area contributed by atoms with Gasteiger partial charge in [-0.05, 0) is 46.2 Å². The zero-order valence-corrected chi connectivity index (χ0v) is 27.4. The van der Waals surface area contributed by atoms with Crippen LogP contribution >= 0.6 is 35.7 Å². The number of aliphatic hydroxyl groups is 1. The molecule has 2 aromatic heterocycles. The van der Waals surface area contributed by atoms with Crippen molar-refractivity contribution >= 4 is 73.1 Å². The Bertz CT molecular complexity index is 1480. The molecule has 0 unspecified atom stereocenters. The van der Waals surface area contributed by atoms with Gasteiger partial charge in [-0.2, -0.15) is 0 Å². The fourth-order valence-electron chi connectivity index (χ4n) is 3.94. The van der Waals surface area contributed by atoms with Gasteiger partial charge in [-0.15, -0.1) is 0 Å². The van der Waals surface area contributed by atoms with Crippen molar-refractivity contribution in [3.05, 3.63) is 50.4 Å². The molecule has 0 aliphatic carbocycles. The number of aliphatic hydroxyl groups excluding tert-OH is 1. The molecule has 1 aliphatic rings. The second kappa shape index (κ2) is 12.3. The summed E-state index contributed by atoms with van der Waals surface area (Å²) in [6.07, 6.45) is 3.17. The van der Waals surface area contributed by atoms with E-state index in [-0.39, 0.29) is 14.2 Å². The average Bonchev–Trinajstić information content (AvgIpc) is 3.41. The summed E-state index contributed by atoms with van der Waals surface area (Å²) < 4.78 is 36.2. The summed E-state index contributed by atoms with van der Waals surface area (Å²) in [6, 6.07) is 5.57. The van der Waals surface area contributed by atoms with Gasteiger partial charge < -0.3 is 29.7 Å². The number of hydrogen-bond donors (Lipinski definition) is 3. The number of ether oxygens (including phenoxy) is 1. The molecule has 15 heteroatoms. The van der Waals surface area contributed by atoms with E-state index >= 15 is 0 Å². The number of aldehydes is 1. The molecule has 0 spiro atoms. The van der Waals surface area contributed by atoms with Crippen LogP contribution in [0.3, 0.4) is 0 Å². The summed E-state index contributed by atoms with van der Waals surface area (Å²) in [5, 5.41) is 19.2. The largest absolute Gasteiger partial charge is 0.478 e. The van der Waals surface area contributed by atoms with Crippen LogP contribution in [0, 0.1) is 3.57 Å². The summed E-state index contributed by atoms with van der Waals surface area (Å²) in [4.78, 5) is 30.8. The number of rotatable bonds is 7. The van der Waals surface area contributed by atoms with Crippen LogP contribution in [0.5, 0.6) is 0 Å². The van der Waals surface area contributed by atoms with Crippen LogP contribution in [0.4, 0.5) is 5.82 Å². The lowest BCUT2D eigenvalue weighted by Gasteiger charge is -2.40. The lowest BCUT2D eigenvalue weighted by atomic mass is 10.00. The van der Waals surface area contributed by atoms with Crippen LogP contribution in [-0.4, -0.2) is 63.6 Å². The first-order valence-electron chi connectivity index (χ1n) is 12.2. The third-order valence-electron chi connectivity index (χ3n) is 7.18. The summed E-state index contributed by atoms with van der Waals surface area (Å²) in [7, 11) is -2.19. The zero-order valence-electron chi connectivity index (χ0n) is 22.6. The van der Waals surface area contributed by atoms with E-state index in [4.69, 9.17) is 20.0 Å². The van der Waals surface area contributed by atoms with Gasteiger partial charge in [0, 0.05) is 17.1 Å². The van der Waals surface area contributed by atoms with Crippen molar-refractivity contribution in [2.24, 2.45) is 0 Å². The first-order valence-corrected chi connectivity index (χ1v) is 18.7. The van der Waals surface area contributed by atoms with Crippen molar-refractivity contribution < 1.29 is 35.1 Å². The number of carboxylic acids is 1. The topological polar surface area (TPSA) is 184 Å². The van der Waals surface area contributed by atoms with E-state index in [2.05, 4.69) is 59.8 Å². The van der Waals surface area contributed by atoms with Crippen LogP contribution in [0.25, 0.3) is 11.0 Å². The number of hydrogen-bond acceptors (Lipinski definition) is 10. The van der Waals surface area contributed by atoms with Crippen LogP contribution in [0.1, 0.15) is 43.8 Å².